The van der Waals surface area contributed by atoms with Gasteiger partial charge in [-0.25, -0.2) is 4.39 Å². The predicted molar refractivity (Wildman–Crippen MR) is 129 cm³/mol. The van der Waals surface area contributed by atoms with Crippen LogP contribution in [0.15, 0.2) is 47.5 Å². The van der Waals surface area contributed by atoms with Gasteiger partial charge in [0.1, 0.15) is 23.5 Å². The van der Waals surface area contributed by atoms with E-state index in [0.29, 0.717) is 22.8 Å². The molecule has 1 heterocycles. The number of carbonyl (C=O) groups excluding carboxylic acids is 2. The Labute approximate surface area is 195 Å². The zero-order valence-electron chi connectivity index (χ0n) is 19.8. The van der Waals surface area contributed by atoms with Crippen LogP contribution in [-0.2, 0) is 4.79 Å². The van der Waals surface area contributed by atoms with Crippen molar-refractivity contribution in [2.24, 2.45) is 10.9 Å². The number of rotatable bonds is 7. The molecule has 1 aliphatic carbocycles. The van der Waals surface area contributed by atoms with Gasteiger partial charge in [0.2, 0.25) is 0 Å². The summed E-state index contributed by atoms with van der Waals surface area (Å²) in [5, 5.41) is 0. The number of aryl methyl sites for hydroxylation is 1. The van der Waals surface area contributed by atoms with Crippen LogP contribution in [0.4, 0.5) is 4.39 Å². The lowest BCUT2D eigenvalue weighted by Gasteiger charge is -2.45. The molecule has 0 unspecified atom stereocenters. The average molecular weight is 449 g/mol. The Kier molecular flexibility index (Phi) is 6.78. The fourth-order valence-corrected chi connectivity index (χ4v) is 5.50. The first-order valence-corrected chi connectivity index (χ1v) is 12.2. The Morgan fingerprint density at radius 3 is 2.42 bits per heavy atom. The van der Waals surface area contributed by atoms with E-state index < -0.39 is 5.66 Å². The third-order valence-corrected chi connectivity index (χ3v) is 7.47. The molecule has 0 bridgehead atoms. The van der Waals surface area contributed by atoms with E-state index in [1.807, 2.05) is 30.0 Å². The number of benzene rings is 2. The summed E-state index contributed by atoms with van der Waals surface area (Å²) in [5.41, 5.74) is 3.17. The number of aliphatic imine (C=N–C) groups is 1. The number of hydrogen-bond acceptors (Lipinski definition) is 3. The largest absolute Gasteiger partial charge is 0.305 e. The molecule has 1 aliphatic heterocycles. The lowest BCUT2D eigenvalue weighted by Crippen LogP contribution is -2.50. The topological polar surface area (TPSA) is 49.7 Å². The highest BCUT2D eigenvalue weighted by atomic mass is 19.1. The first-order valence-electron chi connectivity index (χ1n) is 12.2. The maximum atomic E-state index is 14.0. The standard InChI is InChI=1S/C28H33FN2O2/c1-4-6-25(22-7-8-23(18-32)19(3)17-22)31-27(33)26(21-9-11-24(29)12-10-21)30-28(31)15-13-20(5-2)14-16-28/h7-12,17-18,20,25H,4-6,13-16H2,1-3H3/t20?,25-,28?/m1/s1. The second kappa shape index (κ2) is 9.58. The number of aldehydes is 1. The van der Waals surface area contributed by atoms with Gasteiger partial charge in [-0.3, -0.25) is 14.6 Å². The highest BCUT2D eigenvalue weighted by Crippen LogP contribution is 2.47. The zero-order valence-corrected chi connectivity index (χ0v) is 19.8. The third-order valence-electron chi connectivity index (χ3n) is 7.47. The molecule has 1 saturated carbocycles. The van der Waals surface area contributed by atoms with Gasteiger partial charge in [-0.15, -0.1) is 0 Å². The molecule has 0 aromatic heterocycles. The van der Waals surface area contributed by atoms with Gasteiger partial charge in [0.05, 0.1) is 6.04 Å². The van der Waals surface area contributed by atoms with Crippen LogP contribution in [0.3, 0.4) is 0 Å². The van der Waals surface area contributed by atoms with Crippen LogP contribution in [0.2, 0.25) is 0 Å². The molecular weight excluding hydrogens is 415 g/mol. The van der Waals surface area contributed by atoms with Crippen molar-refractivity contribution in [3.8, 4) is 0 Å². The predicted octanol–water partition coefficient (Wildman–Crippen LogP) is 6.42. The van der Waals surface area contributed by atoms with E-state index in [-0.39, 0.29) is 17.8 Å². The summed E-state index contributed by atoms with van der Waals surface area (Å²) < 4.78 is 13.6. The molecule has 1 amide bonds. The van der Waals surface area contributed by atoms with Crippen LogP contribution in [-0.4, -0.2) is 28.5 Å². The second-order valence-corrected chi connectivity index (χ2v) is 9.51. The van der Waals surface area contributed by atoms with E-state index in [0.717, 1.165) is 62.4 Å². The van der Waals surface area contributed by atoms with Crippen molar-refractivity contribution in [2.75, 3.05) is 0 Å². The Balaban J connectivity index is 1.79. The molecule has 5 heteroatoms. The van der Waals surface area contributed by atoms with E-state index in [9.17, 15) is 14.0 Å². The molecule has 174 valence electrons. The first kappa shape index (κ1) is 23.3. The summed E-state index contributed by atoms with van der Waals surface area (Å²) in [5.74, 6) is 0.262. The van der Waals surface area contributed by atoms with E-state index in [4.69, 9.17) is 4.99 Å². The summed E-state index contributed by atoms with van der Waals surface area (Å²) >= 11 is 0. The van der Waals surface area contributed by atoms with Crippen molar-refractivity contribution in [1.82, 2.24) is 4.90 Å². The molecular formula is C28H33FN2O2. The third kappa shape index (κ3) is 4.38. The van der Waals surface area contributed by atoms with Crippen LogP contribution in [0.5, 0.6) is 0 Å². The van der Waals surface area contributed by atoms with Gasteiger partial charge in [0.25, 0.3) is 5.91 Å². The molecule has 0 radical (unpaired) electrons. The minimum absolute atomic E-state index is 0.0767. The van der Waals surface area contributed by atoms with E-state index in [1.54, 1.807) is 12.1 Å². The van der Waals surface area contributed by atoms with Gasteiger partial charge in [0, 0.05) is 11.1 Å². The van der Waals surface area contributed by atoms with Gasteiger partial charge < -0.3 is 4.90 Å². The van der Waals surface area contributed by atoms with Gasteiger partial charge in [-0.2, -0.15) is 0 Å². The number of hydrogen-bond donors (Lipinski definition) is 0. The molecule has 0 saturated heterocycles. The molecule has 1 spiro atoms. The molecule has 0 N–H and O–H groups in total. The average Bonchev–Trinajstić information content (AvgIpc) is 3.10. The Morgan fingerprint density at radius 1 is 1.15 bits per heavy atom. The zero-order chi connectivity index (χ0) is 23.6. The lowest BCUT2D eigenvalue weighted by atomic mass is 9.79. The molecule has 33 heavy (non-hydrogen) atoms. The summed E-state index contributed by atoms with van der Waals surface area (Å²) in [6.07, 6.45) is 7.52. The molecule has 4 nitrogen and oxygen atoms in total. The summed E-state index contributed by atoms with van der Waals surface area (Å²) in [6.45, 7) is 6.29. The summed E-state index contributed by atoms with van der Waals surface area (Å²) in [4.78, 5) is 32.4. The Morgan fingerprint density at radius 2 is 1.85 bits per heavy atom. The van der Waals surface area contributed by atoms with Crippen LogP contribution in [0, 0.1) is 18.7 Å². The molecule has 2 aromatic carbocycles. The Hall–Kier alpha value is -2.82. The van der Waals surface area contributed by atoms with Crippen molar-refractivity contribution in [2.45, 2.75) is 77.4 Å². The minimum Gasteiger partial charge on any atom is -0.305 e. The quantitative estimate of drug-likeness (QED) is 0.459. The van der Waals surface area contributed by atoms with Gasteiger partial charge in [0.15, 0.2) is 0 Å². The van der Waals surface area contributed by atoms with E-state index >= 15 is 0 Å². The van der Waals surface area contributed by atoms with Crippen molar-refractivity contribution < 1.29 is 14.0 Å². The van der Waals surface area contributed by atoms with E-state index in [2.05, 4.69) is 13.8 Å². The molecule has 1 atom stereocenters. The van der Waals surface area contributed by atoms with E-state index in [1.165, 1.54) is 12.1 Å². The number of halogens is 1. The molecule has 2 aromatic rings. The number of carbonyl (C=O) groups is 2. The van der Waals surface area contributed by atoms with Gasteiger partial charge in [-0.05, 0) is 80.3 Å². The van der Waals surface area contributed by atoms with Crippen LogP contribution < -0.4 is 0 Å². The number of nitrogens with zero attached hydrogens (tertiary/aromatic N) is 2. The van der Waals surface area contributed by atoms with Crippen molar-refractivity contribution in [3.63, 3.8) is 0 Å². The summed E-state index contributed by atoms with van der Waals surface area (Å²) in [6, 6.07) is 11.8. The maximum absolute atomic E-state index is 14.0. The van der Waals surface area contributed by atoms with Crippen molar-refractivity contribution in [1.29, 1.82) is 0 Å². The van der Waals surface area contributed by atoms with Crippen molar-refractivity contribution >= 4 is 17.9 Å². The second-order valence-electron chi connectivity index (χ2n) is 9.51. The Bertz CT molecular complexity index is 1050. The SMILES string of the molecule is CCC[C@H](c1ccc(C=O)c(C)c1)N1C(=O)C(c2ccc(F)cc2)=NC12CCC(CC)CC2. The van der Waals surface area contributed by atoms with Crippen LogP contribution >= 0.6 is 0 Å². The fourth-order valence-electron chi connectivity index (χ4n) is 5.50. The van der Waals surface area contributed by atoms with Crippen LogP contribution in [0.25, 0.3) is 0 Å². The number of amides is 1. The monoisotopic (exact) mass is 448 g/mol. The van der Waals surface area contributed by atoms with Crippen molar-refractivity contribution in [3.05, 3.63) is 70.5 Å². The normalized spacial score (nSPS) is 23.6. The van der Waals surface area contributed by atoms with Gasteiger partial charge in [-0.1, -0.05) is 44.9 Å². The molecule has 4 rings (SSSR count). The summed E-state index contributed by atoms with van der Waals surface area (Å²) in [7, 11) is 0. The maximum Gasteiger partial charge on any atom is 0.275 e. The van der Waals surface area contributed by atoms with Gasteiger partial charge >= 0.3 is 0 Å². The van der Waals surface area contributed by atoms with Crippen LogP contribution in [0.1, 0.15) is 91.9 Å². The molecule has 1 fully saturated rings. The first-order chi connectivity index (χ1) is 15.9. The lowest BCUT2D eigenvalue weighted by molar-refractivity contribution is -0.133. The highest BCUT2D eigenvalue weighted by molar-refractivity contribution is 6.46. The highest BCUT2D eigenvalue weighted by Gasteiger charge is 2.51. The fraction of sp³-hybridized carbons (Fsp3) is 0.464. The minimum atomic E-state index is -0.566. The molecule has 2 aliphatic rings. The smallest absolute Gasteiger partial charge is 0.275 e.